The van der Waals surface area contributed by atoms with Crippen LogP contribution in [0.4, 0.5) is 4.39 Å². The smallest absolute Gasteiger partial charge is 0.254 e. The van der Waals surface area contributed by atoms with Crippen molar-refractivity contribution in [3.63, 3.8) is 0 Å². The van der Waals surface area contributed by atoms with Crippen LogP contribution in [0.5, 0.6) is 0 Å². The average molecular weight is 429 g/mol. The minimum Gasteiger partial charge on any atom is -0.375 e. The van der Waals surface area contributed by atoms with Gasteiger partial charge in [0.1, 0.15) is 12.4 Å². The number of carbonyl (C=O) groups excluding carboxylic acids is 2. The highest BCUT2D eigenvalue weighted by Crippen LogP contribution is 2.31. The van der Waals surface area contributed by atoms with Gasteiger partial charge in [-0.25, -0.2) is 4.39 Å². The number of halogens is 1. The van der Waals surface area contributed by atoms with Gasteiger partial charge < -0.3 is 19.7 Å². The van der Waals surface area contributed by atoms with Crippen LogP contribution in [0.25, 0.3) is 11.1 Å². The molecule has 1 aliphatic heterocycles. The molecule has 1 atom stereocenters. The normalized spacial score (nSPS) is 18.8. The van der Waals surface area contributed by atoms with E-state index >= 15 is 0 Å². The van der Waals surface area contributed by atoms with Crippen molar-refractivity contribution in [3.05, 3.63) is 59.9 Å². The number of ether oxygens (including phenoxy) is 2. The van der Waals surface area contributed by atoms with Gasteiger partial charge in [-0.05, 0) is 42.7 Å². The summed E-state index contributed by atoms with van der Waals surface area (Å²) in [7, 11) is 1.47. The summed E-state index contributed by atoms with van der Waals surface area (Å²) in [6.07, 6.45) is 0.274. The molecule has 0 aliphatic carbocycles. The number of rotatable bonds is 7. The maximum Gasteiger partial charge on any atom is 0.254 e. The van der Waals surface area contributed by atoms with Gasteiger partial charge in [0.15, 0.2) is 5.60 Å². The molecule has 1 saturated heterocycles. The van der Waals surface area contributed by atoms with Crippen LogP contribution in [0.2, 0.25) is 0 Å². The minimum atomic E-state index is -1.23. The van der Waals surface area contributed by atoms with E-state index in [0.717, 1.165) is 16.7 Å². The lowest BCUT2D eigenvalue weighted by atomic mass is 9.87. The lowest BCUT2D eigenvalue weighted by Gasteiger charge is -2.42. The maximum absolute atomic E-state index is 13.4. The van der Waals surface area contributed by atoms with Crippen LogP contribution in [0, 0.1) is 5.82 Å². The Hall–Kier alpha value is -2.77. The van der Waals surface area contributed by atoms with Gasteiger partial charge in [-0.3, -0.25) is 9.59 Å². The Morgan fingerprint density at radius 2 is 1.90 bits per heavy atom. The fourth-order valence-electron chi connectivity index (χ4n) is 3.82. The molecule has 31 heavy (non-hydrogen) atoms. The van der Waals surface area contributed by atoms with Crippen LogP contribution in [-0.2, 0) is 25.5 Å². The summed E-state index contributed by atoms with van der Waals surface area (Å²) in [5.74, 6) is -0.748. The van der Waals surface area contributed by atoms with Crippen molar-refractivity contribution in [2.75, 3.05) is 33.4 Å². The van der Waals surface area contributed by atoms with Gasteiger partial charge in [0.2, 0.25) is 5.91 Å². The van der Waals surface area contributed by atoms with E-state index in [9.17, 15) is 14.0 Å². The summed E-state index contributed by atoms with van der Waals surface area (Å²) in [6.45, 7) is 4.50. The highest BCUT2D eigenvalue weighted by molar-refractivity contribution is 5.88. The van der Waals surface area contributed by atoms with E-state index < -0.39 is 5.60 Å². The van der Waals surface area contributed by atoms with Crippen LogP contribution in [0.15, 0.2) is 48.5 Å². The summed E-state index contributed by atoms with van der Waals surface area (Å²) in [5.41, 5.74) is 1.39. The molecule has 2 aromatic carbocycles. The standard InChI is InChI=1S/C24H29FN2O4/c1-17(2)26-23(29)24(16-27(12-13-31-24)22(28)15-30-3)14-19-6-4-5-7-21(19)18-8-10-20(25)11-9-18/h4-11,17H,12-16H2,1-3H3,(H,26,29)/t24-/m1/s1. The van der Waals surface area contributed by atoms with Crippen molar-refractivity contribution in [2.45, 2.75) is 31.9 Å². The molecule has 2 amide bonds. The van der Waals surface area contributed by atoms with Gasteiger partial charge >= 0.3 is 0 Å². The van der Waals surface area contributed by atoms with Crippen LogP contribution >= 0.6 is 0 Å². The third-order valence-corrected chi connectivity index (χ3v) is 5.29. The Bertz CT molecular complexity index is 916. The molecular formula is C24H29FN2O4. The first kappa shape index (κ1) is 22.9. The van der Waals surface area contributed by atoms with Gasteiger partial charge in [0.25, 0.3) is 5.91 Å². The topological polar surface area (TPSA) is 67.9 Å². The molecule has 2 aromatic rings. The molecule has 0 saturated carbocycles. The van der Waals surface area contributed by atoms with Gasteiger partial charge in [-0.15, -0.1) is 0 Å². The Morgan fingerprint density at radius 3 is 2.58 bits per heavy atom. The quantitative estimate of drug-likeness (QED) is 0.737. The number of morpholine rings is 1. The van der Waals surface area contributed by atoms with Crippen molar-refractivity contribution >= 4 is 11.8 Å². The molecule has 0 unspecified atom stereocenters. The first-order valence-corrected chi connectivity index (χ1v) is 10.4. The molecule has 0 aromatic heterocycles. The first-order chi connectivity index (χ1) is 14.8. The molecule has 3 rings (SSSR count). The van der Waals surface area contributed by atoms with E-state index in [1.807, 2.05) is 38.1 Å². The Labute approximate surface area is 182 Å². The van der Waals surface area contributed by atoms with Gasteiger partial charge in [0, 0.05) is 26.1 Å². The number of methoxy groups -OCH3 is 1. The maximum atomic E-state index is 13.4. The average Bonchev–Trinajstić information content (AvgIpc) is 2.75. The number of carbonyl (C=O) groups is 2. The summed E-state index contributed by atoms with van der Waals surface area (Å²) in [6, 6.07) is 13.8. The second kappa shape index (κ2) is 10.0. The van der Waals surface area contributed by atoms with Crippen LogP contribution < -0.4 is 5.32 Å². The van der Waals surface area contributed by atoms with Crippen molar-refractivity contribution in [1.82, 2.24) is 10.2 Å². The lowest BCUT2D eigenvalue weighted by Crippen LogP contribution is -2.63. The van der Waals surface area contributed by atoms with Gasteiger partial charge in [-0.2, -0.15) is 0 Å². The molecule has 1 heterocycles. The van der Waals surface area contributed by atoms with Gasteiger partial charge in [0.05, 0.1) is 13.2 Å². The number of nitrogens with one attached hydrogen (secondary N) is 1. The fourth-order valence-corrected chi connectivity index (χ4v) is 3.82. The Morgan fingerprint density at radius 1 is 1.19 bits per heavy atom. The number of benzene rings is 2. The van der Waals surface area contributed by atoms with E-state index in [4.69, 9.17) is 9.47 Å². The third kappa shape index (κ3) is 5.48. The van der Waals surface area contributed by atoms with Crippen LogP contribution in [-0.4, -0.2) is 61.8 Å². The van der Waals surface area contributed by atoms with Gasteiger partial charge in [-0.1, -0.05) is 36.4 Å². The molecular weight excluding hydrogens is 399 g/mol. The second-order valence-electron chi connectivity index (χ2n) is 8.06. The third-order valence-electron chi connectivity index (χ3n) is 5.29. The molecule has 1 N–H and O–H groups in total. The van der Waals surface area contributed by atoms with E-state index in [-0.39, 0.29) is 49.9 Å². The van der Waals surface area contributed by atoms with Crippen molar-refractivity contribution in [3.8, 4) is 11.1 Å². The summed E-state index contributed by atoms with van der Waals surface area (Å²) < 4.78 is 24.5. The zero-order valence-corrected chi connectivity index (χ0v) is 18.2. The molecule has 0 radical (unpaired) electrons. The predicted molar refractivity (Wildman–Crippen MR) is 116 cm³/mol. The molecule has 166 valence electrons. The summed E-state index contributed by atoms with van der Waals surface area (Å²) in [5, 5.41) is 2.95. The largest absolute Gasteiger partial charge is 0.375 e. The predicted octanol–water partition coefficient (Wildman–Crippen LogP) is 2.80. The summed E-state index contributed by atoms with van der Waals surface area (Å²) >= 11 is 0. The highest BCUT2D eigenvalue weighted by Gasteiger charge is 2.45. The number of hydrogen-bond acceptors (Lipinski definition) is 4. The van der Waals surface area contributed by atoms with E-state index in [1.54, 1.807) is 17.0 Å². The molecule has 1 fully saturated rings. The van der Waals surface area contributed by atoms with Crippen molar-refractivity contribution in [2.24, 2.45) is 0 Å². The fraction of sp³-hybridized carbons (Fsp3) is 0.417. The highest BCUT2D eigenvalue weighted by atomic mass is 19.1. The zero-order chi connectivity index (χ0) is 22.4. The molecule has 0 spiro atoms. The molecule has 1 aliphatic rings. The molecule has 7 heteroatoms. The van der Waals surface area contributed by atoms with E-state index in [1.165, 1.54) is 19.2 Å². The SMILES string of the molecule is COCC(=O)N1CCO[C@@](Cc2ccccc2-c2ccc(F)cc2)(C(=O)NC(C)C)C1. The first-order valence-electron chi connectivity index (χ1n) is 10.4. The Balaban J connectivity index is 1.97. The van der Waals surface area contributed by atoms with Crippen LogP contribution in [0.3, 0.4) is 0 Å². The van der Waals surface area contributed by atoms with E-state index in [0.29, 0.717) is 6.54 Å². The lowest BCUT2D eigenvalue weighted by molar-refractivity contribution is -0.167. The minimum absolute atomic E-state index is 0.0476. The van der Waals surface area contributed by atoms with Crippen molar-refractivity contribution < 1.29 is 23.5 Å². The van der Waals surface area contributed by atoms with Crippen molar-refractivity contribution in [1.29, 1.82) is 0 Å². The molecule has 0 bridgehead atoms. The Kier molecular flexibility index (Phi) is 7.41. The second-order valence-corrected chi connectivity index (χ2v) is 8.06. The number of hydrogen-bond donors (Lipinski definition) is 1. The molecule has 6 nitrogen and oxygen atoms in total. The number of amides is 2. The van der Waals surface area contributed by atoms with Crippen LogP contribution in [0.1, 0.15) is 19.4 Å². The zero-order valence-electron chi connectivity index (χ0n) is 18.2. The number of nitrogens with zero attached hydrogens (tertiary/aromatic N) is 1. The van der Waals surface area contributed by atoms with E-state index in [2.05, 4.69) is 5.32 Å². The summed E-state index contributed by atoms with van der Waals surface area (Å²) in [4.78, 5) is 27.4. The monoisotopic (exact) mass is 428 g/mol.